The summed E-state index contributed by atoms with van der Waals surface area (Å²) in [6.45, 7) is 2.74. The maximum Gasteiger partial charge on any atom is 0.421 e. The molecule has 194 valence electrons. The lowest BCUT2D eigenvalue weighted by atomic mass is 10.1. The third-order valence-corrected chi connectivity index (χ3v) is 6.25. The smallest absolute Gasteiger partial charge is 0.378 e. The molecule has 0 aliphatic carbocycles. The largest absolute Gasteiger partial charge is 0.421 e. The Morgan fingerprint density at radius 2 is 1.94 bits per heavy atom. The number of rotatable bonds is 5. The number of piperazine rings is 1. The van der Waals surface area contributed by atoms with Crippen molar-refractivity contribution in [3.8, 4) is 0 Å². The van der Waals surface area contributed by atoms with Gasteiger partial charge in [0.1, 0.15) is 11.3 Å². The van der Waals surface area contributed by atoms with E-state index < -0.39 is 23.3 Å². The van der Waals surface area contributed by atoms with Crippen LogP contribution in [0.2, 0.25) is 0 Å². The first-order valence-electron chi connectivity index (χ1n) is 11.4. The first kappa shape index (κ1) is 25.6. The van der Waals surface area contributed by atoms with Crippen molar-refractivity contribution in [2.75, 3.05) is 64.4 Å². The van der Waals surface area contributed by atoms with Gasteiger partial charge in [-0.25, -0.2) is 10.1 Å². The molecule has 2 aromatic heterocycles. The van der Waals surface area contributed by atoms with Crippen LogP contribution in [-0.4, -0.2) is 96.3 Å². The average molecular weight is 509 g/mol. The Morgan fingerprint density at radius 1 is 1.19 bits per heavy atom. The summed E-state index contributed by atoms with van der Waals surface area (Å²) in [5.74, 6) is -0.430. The summed E-state index contributed by atoms with van der Waals surface area (Å²) in [6, 6.07) is 3.46. The Hall–Kier alpha value is -3.52. The summed E-state index contributed by atoms with van der Waals surface area (Å²) in [4.78, 5) is 45.9. The predicted octanol–water partition coefficient (Wildman–Crippen LogP) is 0.265. The van der Waals surface area contributed by atoms with Crippen molar-refractivity contribution in [3.05, 3.63) is 51.7 Å². The number of pyridine rings is 1. The Morgan fingerprint density at radius 3 is 2.58 bits per heavy atom. The molecule has 14 heteroatoms. The van der Waals surface area contributed by atoms with Gasteiger partial charge in [-0.2, -0.15) is 18.3 Å². The van der Waals surface area contributed by atoms with E-state index in [0.717, 1.165) is 11.8 Å². The summed E-state index contributed by atoms with van der Waals surface area (Å²) in [7, 11) is 1.53. The third kappa shape index (κ3) is 5.65. The van der Waals surface area contributed by atoms with Crippen molar-refractivity contribution in [2.24, 2.45) is 0 Å². The standard InChI is InChI=1S/C22H26F3N7O4/c1-26-21(35)16-3-2-14(11-27-16)30-4-6-31(7-5-30)19(33)12-32-8-9-36-13-18(32)17-10-15(22(23,24)25)20(34)29-28-17/h2-3,10-11,18H,4-9,12-13H2,1H3,(H,26,35)(H,29,34). The summed E-state index contributed by atoms with van der Waals surface area (Å²) < 4.78 is 45.0. The maximum absolute atomic E-state index is 13.2. The van der Waals surface area contributed by atoms with E-state index in [9.17, 15) is 27.6 Å². The fourth-order valence-electron chi connectivity index (χ4n) is 4.23. The fourth-order valence-corrected chi connectivity index (χ4v) is 4.23. The van der Waals surface area contributed by atoms with Gasteiger partial charge in [0.05, 0.1) is 43.4 Å². The molecule has 0 bridgehead atoms. The van der Waals surface area contributed by atoms with Gasteiger partial charge in [0.2, 0.25) is 5.91 Å². The molecule has 0 aromatic carbocycles. The number of anilines is 1. The highest BCUT2D eigenvalue weighted by atomic mass is 19.4. The van der Waals surface area contributed by atoms with E-state index in [1.807, 2.05) is 5.10 Å². The van der Waals surface area contributed by atoms with Crippen molar-refractivity contribution in [1.29, 1.82) is 0 Å². The highest BCUT2D eigenvalue weighted by Crippen LogP contribution is 2.29. The second kappa shape index (κ2) is 10.6. The average Bonchev–Trinajstić information content (AvgIpc) is 2.88. The summed E-state index contributed by atoms with van der Waals surface area (Å²) in [6.07, 6.45) is -3.20. The summed E-state index contributed by atoms with van der Waals surface area (Å²) >= 11 is 0. The van der Waals surface area contributed by atoms with Crippen LogP contribution < -0.4 is 15.8 Å². The molecule has 2 N–H and O–H groups in total. The van der Waals surface area contributed by atoms with Crippen LogP contribution in [0.25, 0.3) is 0 Å². The molecular formula is C22H26F3N7O4. The Balaban J connectivity index is 1.38. The minimum atomic E-state index is -4.82. The fraction of sp³-hybridized carbons (Fsp3) is 0.500. The van der Waals surface area contributed by atoms with Crippen molar-refractivity contribution >= 4 is 17.5 Å². The first-order chi connectivity index (χ1) is 17.2. The zero-order chi connectivity index (χ0) is 25.9. The van der Waals surface area contributed by atoms with Crippen LogP contribution in [0.15, 0.2) is 29.2 Å². The van der Waals surface area contributed by atoms with Crippen LogP contribution in [0.4, 0.5) is 18.9 Å². The van der Waals surface area contributed by atoms with Gasteiger partial charge in [-0.15, -0.1) is 0 Å². The Kier molecular flexibility index (Phi) is 7.54. The SMILES string of the molecule is CNC(=O)c1ccc(N2CCN(C(=O)CN3CCOCC3c3cc(C(F)(F)F)c(=O)[nH]n3)CC2)cn1. The zero-order valence-corrected chi connectivity index (χ0v) is 19.5. The number of halogens is 3. The van der Waals surface area contributed by atoms with E-state index in [0.29, 0.717) is 45.0 Å². The number of ether oxygens (including phenoxy) is 1. The molecule has 36 heavy (non-hydrogen) atoms. The van der Waals surface area contributed by atoms with E-state index >= 15 is 0 Å². The maximum atomic E-state index is 13.2. The summed E-state index contributed by atoms with van der Waals surface area (Å²) in [5, 5.41) is 8.21. The van der Waals surface area contributed by atoms with E-state index in [2.05, 4.69) is 20.3 Å². The number of carbonyl (C=O) groups excluding carboxylic acids is 2. The van der Waals surface area contributed by atoms with Crippen molar-refractivity contribution in [2.45, 2.75) is 12.2 Å². The molecule has 1 atom stereocenters. The van der Waals surface area contributed by atoms with Crippen LogP contribution >= 0.6 is 0 Å². The molecule has 11 nitrogen and oxygen atoms in total. The molecule has 2 fully saturated rings. The topological polar surface area (TPSA) is 124 Å². The van der Waals surface area contributed by atoms with Crippen LogP contribution in [0, 0.1) is 0 Å². The number of nitrogens with one attached hydrogen (secondary N) is 2. The van der Waals surface area contributed by atoms with Gasteiger partial charge < -0.3 is 19.9 Å². The molecule has 0 saturated carbocycles. The second-order valence-electron chi connectivity index (χ2n) is 8.44. The minimum Gasteiger partial charge on any atom is -0.378 e. The number of morpholine rings is 1. The van der Waals surface area contributed by atoms with Crippen LogP contribution in [0.1, 0.15) is 27.8 Å². The molecule has 4 rings (SSSR count). The van der Waals surface area contributed by atoms with Crippen molar-refractivity contribution in [3.63, 3.8) is 0 Å². The van der Waals surface area contributed by atoms with E-state index in [1.165, 1.54) is 7.05 Å². The molecule has 4 heterocycles. The number of carbonyl (C=O) groups is 2. The van der Waals surface area contributed by atoms with Gasteiger partial charge in [0.15, 0.2) is 0 Å². The van der Waals surface area contributed by atoms with Crippen LogP contribution in [0.3, 0.4) is 0 Å². The molecular weight excluding hydrogens is 483 g/mol. The minimum absolute atomic E-state index is 0.00746. The third-order valence-electron chi connectivity index (χ3n) is 6.25. The molecule has 2 amide bonds. The number of hydrogen-bond acceptors (Lipinski definition) is 8. The molecule has 2 aliphatic rings. The van der Waals surface area contributed by atoms with Gasteiger partial charge in [0.25, 0.3) is 11.5 Å². The number of H-pyrrole nitrogens is 1. The molecule has 2 saturated heterocycles. The van der Waals surface area contributed by atoms with Crippen molar-refractivity contribution in [1.82, 2.24) is 30.3 Å². The highest BCUT2D eigenvalue weighted by Gasteiger charge is 2.37. The molecule has 2 aliphatic heterocycles. The number of alkyl halides is 3. The van der Waals surface area contributed by atoms with Crippen LogP contribution in [0.5, 0.6) is 0 Å². The second-order valence-corrected chi connectivity index (χ2v) is 8.44. The number of amides is 2. The highest BCUT2D eigenvalue weighted by molar-refractivity contribution is 5.92. The van der Waals surface area contributed by atoms with Gasteiger partial charge in [-0.05, 0) is 18.2 Å². The number of aromatic amines is 1. The zero-order valence-electron chi connectivity index (χ0n) is 19.5. The lowest BCUT2D eigenvalue weighted by Gasteiger charge is -2.39. The van der Waals surface area contributed by atoms with E-state index in [-0.39, 0.29) is 30.7 Å². The molecule has 0 spiro atoms. The lowest BCUT2D eigenvalue weighted by molar-refractivity contribution is -0.139. The van der Waals surface area contributed by atoms with E-state index in [1.54, 1.807) is 28.1 Å². The van der Waals surface area contributed by atoms with Gasteiger partial charge in [-0.1, -0.05) is 0 Å². The Labute approximate surface area is 204 Å². The van der Waals surface area contributed by atoms with Gasteiger partial charge in [0, 0.05) is 39.8 Å². The number of nitrogens with zero attached hydrogens (tertiary/aromatic N) is 5. The monoisotopic (exact) mass is 509 g/mol. The number of aromatic nitrogens is 3. The molecule has 0 radical (unpaired) electrons. The van der Waals surface area contributed by atoms with Crippen LogP contribution in [-0.2, 0) is 15.7 Å². The van der Waals surface area contributed by atoms with E-state index in [4.69, 9.17) is 4.74 Å². The van der Waals surface area contributed by atoms with Crippen molar-refractivity contribution < 1.29 is 27.5 Å². The summed E-state index contributed by atoms with van der Waals surface area (Å²) in [5.41, 5.74) is -1.51. The molecule has 1 unspecified atom stereocenters. The van der Waals surface area contributed by atoms with Gasteiger partial charge in [-0.3, -0.25) is 19.3 Å². The quantitative estimate of drug-likeness (QED) is 0.589. The predicted molar refractivity (Wildman–Crippen MR) is 121 cm³/mol. The lowest BCUT2D eigenvalue weighted by Crippen LogP contribution is -2.53. The molecule has 2 aromatic rings. The van der Waals surface area contributed by atoms with Gasteiger partial charge >= 0.3 is 6.18 Å². The normalized spacial score (nSPS) is 19.3. The Bertz CT molecular complexity index is 1150. The number of hydrogen-bond donors (Lipinski definition) is 2. The first-order valence-corrected chi connectivity index (χ1v) is 11.4.